The van der Waals surface area contributed by atoms with Crippen molar-refractivity contribution in [1.29, 1.82) is 0 Å². The van der Waals surface area contributed by atoms with Gasteiger partial charge in [0.25, 0.3) is 0 Å². The number of benzene rings is 1. The summed E-state index contributed by atoms with van der Waals surface area (Å²) in [6.45, 7) is 9.12. The molecule has 1 aromatic rings. The molecule has 2 saturated heterocycles. The summed E-state index contributed by atoms with van der Waals surface area (Å²) in [5, 5.41) is 3.38. The Kier molecular flexibility index (Phi) is 4.58. The van der Waals surface area contributed by atoms with Gasteiger partial charge in [-0.15, -0.1) is 0 Å². The number of fused-ring (bicyclic) bond motifs is 1. The molecule has 3 heteroatoms. The lowest BCUT2D eigenvalue weighted by molar-refractivity contribution is 0.133. The van der Waals surface area contributed by atoms with E-state index in [0.29, 0.717) is 0 Å². The Morgan fingerprint density at radius 3 is 2.75 bits per heavy atom. The molecule has 0 saturated carbocycles. The first-order valence-electron chi connectivity index (χ1n) is 8.15. The zero-order chi connectivity index (χ0) is 13.8. The second kappa shape index (κ2) is 6.59. The Balaban J connectivity index is 1.61. The van der Waals surface area contributed by atoms with Gasteiger partial charge in [-0.3, -0.25) is 4.90 Å². The molecule has 20 heavy (non-hydrogen) atoms. The molecule has 0 amide bonds. The van der Waals surface area contributed by atoms with Gasteiger partial charge in [-0.1, -0.05) is 25.5 Å². The first-order valence-corrected chi connectivity index (χ1v) is 8.15. The van der Waals surface area contributed by atoms with Crippen molar-refractivity contribution in [2.75, 3.05) is 37.6 Å². The molecule has 0 bridgehead atoms. The van der Waals surface area contributed by atoms with E-state index in [2.05, 4.69) is 46.3 Å². The van der Waals surface area contributed by atoms with Gasteiger partial charge >= 0.3 is 0 Å². The fraction of sp³-hybridized carbons (Fsp3) is 0.647. The molecule has 1 aromatic carbocycles. The van der Waals surface area contributed by atoms with Gasteiger partial charge in [0.1, 0.15) is 0 Å². The van der Waals surface area contributed by atoms with Crippen LogP contribution in [0.15, 0.2) is 24.3 Å². The van der Waals surface area contributed by atoms with Crippen molar-refractivity contribution < 1.29 is 0 Å². The first kappa shape index (κ1) is 13.9. The zero-order valence-corrected chi connectivity index (χ0v) is 12.6. The summed E-state index contributed by atoms with van der Waals surface area (Å²) in [5.41, 5.74) is 2.78. The summed E-state index contributed by atoms with van der Waals surface area (Å²) in [4.78, 5) is 5.27. The molecule has 1 atom stereocenters. The third kappa shape index (κ3) is 3.15. The Hall–Kier alpha value is -1.06. The monoisotopic (exact) mass is 273 g/mol. The Morgan fingerprint density at radius 1 is 1.10 bits per heavy atom. The van der Waals surface area contributed by atoms with Crippen molar-refractivity contribution in [3.8, 4) is 0 Å². The van der Waals surface area contributed by atoms with Crippen LogP contribution in [0.5, 0.6) is 0 Å². The standard InChI is InChI=1S/C17H27N3/c1-2-18-13-15-6-8-16(9-7-15)20-12-11-19-10-4-3-5-17(19)14-20/h6-9,17-18H,2-5,10-14H2,1H3. The molecule has 0 radical (unpaired) electrons. The van der Waals surface area contributed by atoms with Gasteiger partial charge in [-0.25, -0.2) is 0 Å². The molecule has 3 nitrogen and oxygen atoms in total. The van der Waals surface area contributed by atoms with Crippen LogP contribution in [0.3, 0.4) is 0 Å². The van der Waals surface area contributed by atoms with Crippen LogP contribution < -0.4 is 10.2 Å². The van der Waals surface area contributed by atoms with E-state index in [4.69, 9.17) is 0 Å². The Bertz CT molecular complexity index is 415. The van der Waals surface area contributed by atoms with E-state index >= 15 is 0 Å². The molecule has 110 valence electrons. The maximum absolute atomic E-state index is 3.38. The van der Waals surface area contributed by atoms with Crippen LogP contribution in [0, 0.1) is 0 Å². The summed E-state index contributed by atoms with van der Waals surface area (Å²) in [5.74, 6) is 0. The topological polar surface area (TPSA) is 18.5 Å². The molecular formula is C17H27N3. The molecule has 2 aliphatic rings. The van der Waals surface area contributed by atoms with Crippen molar-refractivity contribution >= 4 is 5.69 Å². The average Bonchev–Trinajstić information content (AvgIpc) is 2.53. The summed E-state index contributed by atoms with van der Waals surface area (Å²) in [6.07, 6.45) is 4.20. The maximum atomic E-state index is 3.38. The quantitative estimate of drug-likeness (QED) is 0.909. The highest BCUT2D eigenvalue weighted by atomic mass is 15.3. The molecule has 0 spiro atoms. The van der Waals surface area contributed by atoms with Gasteiger partial charge < -0.3 is 10.2 Å². The highest BCUT2D eigenvalue weighted by molar-refractivity contribution is 5.48. The van der Waals surface area contributed by atoms with Crippen molar-refractivity contribution in [3.63, 3.8) is 0 Å². The van der Waals surface area contributed by atoms with Gasteiger partial charge in [0, 0.05) is 37.9 Å². The summed E-state index contributed by atoms with van der Waals surface area (Å²) in [6, 6.07) is 9.92. The molecule has 2 aliphatic heterocycles. The van der Waals surface area contributed by atoms with Crippen LogP contribution in [-0.2, 0) is 6.54 Å². The fourth-order valence-electron chi connectivity index (χ4n) is 3.48. The molecule has 3 rings (SSSR count). The van der Waals surface area contributed by atoms with E-state index in [1.807, 2.05) is 0 Å². The van der Waals surface area contributed by atoms with E-state index < -0.39 is 0 Å². The fourth-order valence-corrected chi connectivity index (χ4v) is 3.48. The van der Waals surface area contributed by atoms with Crippen molar-refractivity contribution in [3.05, 3.63) is 29.8 Å². The molecule has 2 fully saturated rings. The molecule has 1 N–H and O–H groups in total. The summed E-state index contributed by atoms with van der Waals surface area (Å²) < 4.78 is 0. The Morgan fingerprint density at radius 2 is 1.95 bits per heavy atom. The van der Waals surface area contributed by atoms with Crippen LogP contribution in [0.4, 0.5) is 5.69 Å². The third-order valence-electron chi connectivity index (χ3n) is 4.72. The number of nitrogens with one attached hydrogen (secondary N) is 1. The first-order chi connectivity index (χ1) is 9.86. The number of hydrogen-bond acceptors (Lipinski definition) is 3. The van der Waals surface area contributed by atoms with E-state index in [0.717, 1.165) is 19.1 Å². The normalized spacial score (nSPS) is 23.6. The second-order valence-corrected chi connectivity index (χ2v) is 6.08. The van der Waals surface area contributed by atoms with Crippen LogP contribution >= 0.6 is 0 Å². The second-order valence-electron chi connectivity index (χ2n) is 6.08. The van der Waals surface area contributed by atoms with Crippen LogP contribution in [-0.4, -0.2) is 43.7 Å². The summed E-state index contributed by atoms with van der Waals surface area (Å²) in [7, 11) is 0. The summed E-state index contributed by atoms with van der Waals surface area (Å²) >= 11 is 0. The number of piperidine rings is 1. The van der Waals surface area contributed by atoms with Gasteiger partial charge in [0.05, 0.1) is 0 Å². The average molecular weight is 273 g/mol. The molecule has 1 unspecified atom stereocenters. The molecule has 0 aliphatic carbocycles. The highest BCUT2D eigenvalue weighted by Gasteiger charge is 2.28. The highest BCUT2D eigenvalue weighted by Crippen LogP contribution is 2.25. The number of hydrogen-bond donors (Lipinski definition) is 1. The predicted octanol–water partition coefficient (Wildman–Crippen LogP) is 2.47. The number of rotatable bonds is 4. The van der Waals surface area contributed by atoms with Crippen LogP contribution in [0.1, 0.15) is 31.7 Å². The van der Waals surface area contributed by atoms with Gasteiger partial charge in [0.2, 0.25) is 0 Å². The van der Waals surface area contributed by atoms with E-state index in [-0.39, 0.29) is 0 Å². The largest absolute Gasteiger partial charge is 0.369 e. The van der Waals surface area contributed by atoms with Gasteiger partial charge in [-0.2, -0.15) is 0 Å². The van der Waals surface area contributed by atoms with Crippen LogP contribution in [0.2, 0.25) is 0 Å². The SMILES string of the molecule is CCNCc1ccc(N2CCN3CCCCC3C2)cc1. The predicted molar refractivity (Wildman–Crippen MR) is 85.2 cm³/mol. The van der Waals surface area contributed by atoms with E-state index in [1.165, 1.54) is 56.7 Å². The van der Waals surface area contributed by atoms with Gasteiger partial charge in [-0.05, 0) is 43.6 Å². The minimum atomic E-state index is 0.791. The molecular weight excluding hydrogens is 246 g/mol. The minimum Gasteiger partial charge on any atom is -0.369 e. The van der Waals surface area contributed by atoms with Crippen molar-refractivity contribution in [2.45, 2.75) is 38.8 Å². The number of nitrogens with zero attached hydrogens (tertiary/aromatic N) is 2. The molecule has 0 aromatic heterocycles. The lowest BCUT2D eigenvalue weighted by Gasteiger charge is -2.45. The number of anilines is 1. The third-order valence-corrected chi connectivity index (χ3v) is 4.72. The van der Waals surface area contributed by atoms with Crippen molar-refractivity contribution in [1.82, 2.24) is 10.2 Å². The lowest BCUT2D eigenvalue weighted by Crippen LogP contribution is -2.54. The van der Waals surface area contributed by atoms with Crippen LogP contribution in [0.25, 0.3) is 0 Å². The number of piperazine rings is 1. The lowest BCUT2D eigenvalue weighted by atomic mass is 9.99. The van der Waals surface area contributed by atoms with E-state index in [9.17, 15) is 0 Å². The zero-order valence-electron chi connectivity index (χ0n) is 12.6. The minimum absolute atomic E-state index is 0.791. The molecule has 2 heterocycles. The van der Waals surface area contributed by atoms with E-state index in [1.54, 1.807) is 0 Å². The van der Waals surface area contributed by atoms with Crippen molar-refractivity contribution in [2.24, 2.45) is 0 Å². The maximum Gasteiger partial charge on any atom is 0.0367 e. The van der Waals surface area contributed by atoms with Gasteiger partial charge in [0.15, 0.2) is 0 Å². The smallest absolute Gasteiger partial charge is 0.0367 e. The Labute approximate surface area is 123 Å².